The predicted molar refractivity (Wildman–Crippen MR) is 86.5 cm³/mol. The van der Waals surface area contributed by atoms with Crippen LogP contribution in [0.2, 0.25) is 0 Å². The molecule has 2 aromatic heterocycles. The topological polar surface area (TPSA) is 61.0 Å². The largest absolute Gasteiger partial charge is 0.497 e. The van der Waals surface area contributed by atoms with E-state index in [2.05, 4.69) is 20.6 Å². The molecular formula is C15H15N3O2S2. The Kier molecular flexibility index (Phi) is 4.74. The van der Waals surface area contributed by atoms with Gasteiger partial charge in [0.1, 0.15) is 5.75 Å². The molecule has 0 radical (unpaired) electrons. The van der Waals surface area contributed by atoms with Gasteiger partial charge >= 0.3 is 0 Å². The minimum atomic E-state index is 0.573. The van der Waals surface area contributed by atoms with Crippen molar-refractivity contribution in [3.8, 4) is 5.75 Å². The number of thioether (sulfide) groups is 1. The molecule has 7 heteroatoms. The molecule has 3 rings (SSSR count). The molecular weight excluding hydrogens is 318 g/mol. The Bertz CT molecular complexity index is 755. The van der Waals surface area contributed by atoms with Crippen LogP contribution in [0.1, 0.15) is 22.2 Å². The van der Waals surface area contributed by atoms with Crippen molar-refractivity contribution in [3.63, 3.8) is 0 Å². The van der Waals surface area contributed by atoms with Crippen LogP contribution in [0.3, 0.4) is 0 Å². The van der Waals surface area contributed by atoms with Gasteiger partial charge in [0, 0.05) is 11.1 Å². The van der Waals surface area contributed by atoms with E-state index in [1.807, 2.05) is 31.2 Å². The minimum Gasteiger partial charge on any atom is -0.497 e. The summed E-state index contributed by atoms with van der Waals surface area (Å²) in [5.41, 5.74) is 2.12. The van der Waals surface area contributed by atoms with Crippen molar-refractivity contribution < 1.29 is 9.15 Å². The molecule has 0 aliphatic carbocycles. The molecule has 0 unspecified atom stereocenters. The van der Waals surface area contributed by atoms with Gasteiger partial charge in [-0.1, -0.05) is 23.9 Å². The maximum absolute atomic E-state index is 5.67. The van der Waals surface area contributed by atoms with Gasteiger partial charge in [-0.3, -0.25) is 0 Å². The zero-order valence-corrected chi connectivity index (χ0v) is 13.9. The third-order valence-electron chi connectivity index (χ3n) is 2.95. The van der Waals surface area contributed by atoms with Crippen LogP contribution in [0.4, 0.5) is 0 Å². The maximum Gasteiger partial charge on any atom is 0.276 e. The Hall–Kier alpha value is -1.86. The van der Waals surface area contributed by atoms with E-state index in [9.17, 15) is 0 Å². The first kappa shape index (κ1) is 15.1. The second-order valence-corrected chi connectivity index (χ2v) is 6.63. The summed E-state index contributed by atoms with van der Waals surface area (Å²) in [6, 6.07) is 7.84. The van der Waals surface area contributed by atoms with Gasteiger partial charge in [0.25, 0.3) is 5.22 Å². The van der Waals surface area contributed by atoms with Crippen LogP contribution in [0.25, 0.3) is 0 Å². The lowest BCUT2D eigenvalue weighted by Crippen LogP contribution is -1.90. The Morgan fingerprint density at radius 3 is 3.00 bits per heavy atom. The molecule has 114 valence electrons. The number of ether oxygens (including phenoxy) is 1. The Balaban J connectivity index is 1.60. The molecule has 3 aromatic rings. The van der Waals surface area contributed by atoms with Crippen LogP contribution in [0, 0.1) is 6.92 Å². The summed E-state index contributed by atoms with van der Waals surface area (Å²) < 4.78 is 10.9. The molecule has 0 aliphatic rings. The van der Waals surface area contributed by atoms with Gasteiger partial charge in [-0.25, -0.2) is 4.98 Å². The summed E-state index contributed by atoms with van der Waals surface area (Å²) in [5, 5.41) is 11.8. The van der Waals surface area contributed by atoms with E-state index in [0.29, 0.717) is 17.5 Å². The second kappa shape index (κ2) is 6.93. The number of aryl methyl sites for hydroxylation is 1. The molecule has 0 atom stereocenters. The van der Waals surface area contributed by atoms with Gasteiger partial charge in [-0.05, 0) is 24.6 Å². The molecule has 0 saturated carbocycles. The van der Waals surface area contributed by atoms with Crippen LogP contribution < -0.4 is 4.74 Å². The summed E-state index contributed by atoms with van der Waals surface area (Å²) in [5.74, 6) is 2.17. The lowest BCUT2D eigenvalue weighted by atomic mass is 10.1. The second-order valence-electron chi connectivity index (χ2n) is 4.64. The van der Waals surface area contributed by atoms with Crippen molar-refractivity contribution in [1.82, 2.24) is 15.2 Å². The number of rotatable bonds is 6. The highest BCUT2D eigenvalue weighted by Gasteiger charge is 2.09. The summed E-state index contributed by atoms with van der Waals surface area (Å²) in [4.78, 5) is 4.41. The summed E-state index contributed by atoms with van der Waals surface area (Å²) in [6.07, 6.45) is 0.598. The van der Waals surface area contributed by atoms with E-state index in [1.165, 1.54) is 11.8 Å². The molecule has 0 amide bonds. The van der Waals surface area contributed by atoms with Gasteiger partial charge in [0.05, 0.1) is 24.2 Å². The molecule has 0 fully saturated rings. The van der Waals surface area contributed by atoms with Crippen molar-refractivity contribution in [2.75, 3.05) is 7.11 Å². The summed E-state index contributed by atoms with van der Waals surface area (Å²) in [7, 11) is 1.65. The minimum absolute atomic E-state index is 0.573. The number of hydrogen-bond acceptors (Lipinski definition) is 7. The number of thiazole rings is 1. The quantitative estimate of drug-likeness (QED) is 0.641. The molecule has 2 heterocycles. The number of aromatic nitrogens is 3. The van der Waals surface area contributed by atoms with Crippen molar-refractivity contribution in [1.29, 1.82) is 0 Å². The number of methoxy groups -OCH3 is 1. The lowest BCUT2D eigenvalue weighted by molar-refractivity contribution is 0.412. The van der Waals surface area contributed by atoms with Crippen molar-refractivity contribution in [2.24, 2.45) is 0 Å². The van der Waals surface area contributed by atoms with Crippen molar-refractivity contribution in [2.45, 2.75) is 24.3 Å². The van der Waals surface area contributed by atoms with Gasteiger partial charge in [0.15, 0.2) is 0 Å². The van der Waals surface area contributed by atoms with Crippen LogP contribution in [0.5, 0.6) is 5.75 Å². The number of nitrogens with zero attached hydrogens (tertiary/aromatic N) is 3. The van der Waals surface area contributed by atoms with Crippen LogP contribution in [-0.4, -0.2) is 22.3 Å². The Morgan fingerprint density at radius 1 is 1.32 bits per heavy atom. The fourth-order valence-corrected chi connectivity index (χ4v) is 3.33. The van der Waals surface area contributed by atoms with Crippen LogP contribution >= 0.6 is 23.1 Å². The van der Waals surface area contributed by atoms with Crippen molar-refractivity contribution in [3.05, 3.63) is 51.8 Å². The van der Waals surface area contributed by atoms with Crippen LogP contribution in [-0.2, 0) is 12.2 Å². The highest BCUT2D eigenvalue weighted by atomic mass is 32.2. The van der Waals surface area contributed by atoms with Crippen molar-refractivity contribution >= 4 is 23.1 Å². The average molecular weight is 333 g/mol. The van der Waals surface area contributed by atoms with Gasteiger partial charge in [-0.2, -0.15) is 0 Å². The maximum atomic E-state index is 5.67. The number of hydrogen-bond donors (Lipinski definition) is 0. The van der Waals surface area contributed by atoms with E-state index < -0.39 is 0 Å². The normalized spacial score (nSPS) is 10.8. The third-order valence-corrected chi connectivity index (χ3v) is 4.62. The van der Waals surface area contributed by atoms with E-state index in [0.717, 1.165) is 27.8 Å². The first-order chi connectivity index (χ1) is 10.7. The SMILES string of the molecule is COc1cccc(Cc2nnc(SCc3csc(C)n3)o2)c1. The first-order valence-corrected chi connectivity index (χ1v) is 8.58. The highest BCUT2D eigenvalue weighted by molar-refractivity contribution is 7.98. The molecule has 22 heavy (non-hydrogen) atoms. The van der Waals surface area contributed by atoms with Crippen LogP contribution in [0.15, 0.2) is 39.3 Å². The monoisotopic (exact) mass is 333 g/mol. The first-order valence-electron chi connectivity index (χ1n) is 6.72. The van der Waals surface area contributed by atoms with E-state index in [-0.39, 0.29) is 0 Å². The van der Waals surface area contributed by atoms with Gasteiger partial charge in [0.2, 0.25) is 5.89 Å². The van der Waals surface area contributed by atoms with Gasteiger partial charge < -0.3 is 9.15 Å². The molecule has 0 bridgehead atoms. The third kappa shape index (κ3) is 3.86. The highest BCUT2D eigenvalue weighted by Crippen LogP contribution is 2.23. The summed E-state index contributed by atoms with van der Waals surface area (Å²) >= 11 is 3.15. The standard InChI is InChI=1S/C15H15N3O2S2/c1-10-16-12(8-21-10)9-22-15-18-17-14(20-15)7-11-4-3-5-13(6-11)19-2/h3-6,8H,7,9H2,1-2H3. The molecule has 0 N–H and O–H groups in total. The Morgan fingerprint density at radius 2 is 2.23 bits per heavy atom. The molecule has 0 aliphatic heterocycles. The lowest BCUT2D eigenvalue weighted by Gasteiger charge is -2.01. The smallest absolute Gasteiger partial charge is 0.276 e. The molecule has 0 spiro atoms. The average Bonchev–Trinajstić information content (AvgIpc) is 3.14. The fourth-order valence-electron chi connectivity index (χ4n) is 1.94. The molecule has 1 aromatic carbocycles. The number of benzene rings is 1. The van der Waals surface area contributed by atoms with Gasteiger partial charge in [-0.15, -0.1) is 21.5 Å². The van der Waals surface area contributed by atoms with E-state index in [1.54, 1.807) is 18.4 Å². The zero-order valence-electron chi connectivity index (χ0n) is 12.3. The summed E-state index contributed by atoms with van der Waals surface area (Å²) in [6.45, 7) is 2.00. The predicted octanol–water partition coefficient (Wildman–Crippen LogP) is 3.73. The Labute approximate surface area is 136 Å². The van der Waals surface area contributed by atoms with E-state index >= 15 is 0 Å². The molecule has 0 saturated heterocycles. The van der Waals surface area contributed by atoms with E-state index in [4.69, 9.17) is 9.15 Å². The fraction of sp³-hybridized carbons (Fsp3) is 0.267. The zero-order chi connectivity index (χ0) is 15.4. The molecule has 5 nitrogen and oxygen atoms in total.